The molecule has 1 aromatic heterocycles. The monoisotopic (exact) mass is 336 g/mol. The van der Waals surface area contributed by atoms with Gasteiger partial charge in [0, 0.05) is 21.6 Å². The molecule has 0 spiro atoms. The summed E-state index contributed by atoms with van der Waals surface area (Å²) in [5, 5.41) is 4.78. The molecule has 0 bridgehead atoms. The largest absolute Gasteiger partial charge is 0.433 e. The maximum atomic E-state index is 12.1. The lowest BCUT2D eigenvalue weighted by molar-refractivity contribution is -0.766. The lowest BCUT2D eigenvalue weighted by atomic mass is 10.1. The molecule has 1 saturated heterocycles. The molecule has 7 heteroatoms. The molecule has 1 aliphatic rings. The highest BCUT2D eigenvalue weighted by molar-refractivity contribution is 7.98. The molecule has 3 rings (SSSR count). The normalized spacial score (nSPS) is 16.5. The van der Waals surface area contributed by atoms with E-state index in [1.165, 1.54) is 5.56 Å². The SMILES string of the molecule is CC(CSCc1ccccc1)c1c(=O)o[nH][n+]1N1CCOCC1. The Bertz CT molecular complexity index is 665. The third-order valence-electron chi connectivity index (χ3n) is 3.88. The molecule has 0 amide bonds. The van der Waals surface area contributed by atoms with Crippen molar-refractivity contribution in [3.8, 4) is 0 Å². The van der Waals surface area contributed by atoms with Crippen molar-refractivity contribution in [3.63, 3.8) is 0 Å². The number of ether oxygens (including phenoxy) is 1. The zero-order chi connectivity index (χ0) is 16.1. The van der Waals surface area contributed by atoms with Crippen molar-refractivity contribution < 1.29 is 14.1 Å². The minimum Gasteiger partial charge on any atom is -0.377 e. The maximum Gasteiger partial charge on any atom is 0.433 e. The van der Waals surface area contributed by atoms with E-state index < -0.39 is 0 Å². The zero-order valence-corrected chi connectivity index (χ0v) is 14.1. The number of aromatic nitrogens is 2. The van der Waals surface area contributed by atoms with Gasteiger partial charge in [0.05, 0.1) is 32.2 Å². The summed E-state index contributed by atoms with van der Waals surface area (Å²) in [7, 11) is 0. The summed E-state index contributed by atoms with van der Waals surface area (Å²) >= 11 is 1.83. The Morgan fingerprint density at radius 1 is 1.30 bits per heavy atom. The minimum atomic E-state index is -0.288. The molecule has 124 valence electrons. The van der Waals surface area contributed by atoms with Gasteiger partial charge in [0.25, 0.3) is 0 Å². The lowest BCUT2D eigenvalue weighted by Crippen LogP contribution is -2.65. The van der Waals surface area contributed by atoms with E-state index in [2.05, 4.69) is 29.3 Å². The van der Waals surface area contributed by atoms with Crippen LogP contribution in [0.4, 0.5) is 0 Å². The maximum absolute atomic E-state index is 12.1. The average Bonchev–Trinajstić information content (AvgIpc) is 2.98. The Kier molecular flexibility index (Phi) is 5.40. The van der Waals surface area contributed by atoms with Crippen molar-refractivity contribution in [1.82, 2.24) is 5.27 Å². The van der Waals surface area contributed by atoms with Crippen LogP contribution in [-0.4, -0.2) is 37.3 Å². The van der Waals surface area contributed by atoms with Crippen molar-refractivity contribution in [2.24, 2.45) is 0 Å². The van der Waals surface area contributed by atoms with E-state index in [9.17, 15) is 4.79 Å². The number of rotatable bonds is 6. The second-order valence-electron chi connectivity index (χ2n) is 5.65. The third kappa shape index (κ3) is 3.97. The van der Waals surface area contributed by atoms with Crippen LogP contribution in [0.15, 0.2) is 39.6 Å². The summed E-state index contributed by atoms with van der Waals surface area (Å²) in [6.07, 6.45) is 0. The van der Waals surface area contributed by atoms with E-state index in [1.54, 1.807) is 4.79 Å². The smallest absolute Gasteiger partial charge is 0.377 e. The number of benzene rings is 1. The Labute approximate surface area is 139 Å². The molecule has 1 aromatic carbocycles. The van der Waals surface area contributed by atoms with Crippen LogP contribution >= 0.6 is 11.8 Å². The zero-order valence-electron chi connectivity index (χ0n) is 13.2. The summed E-state index contributed by atoms with van der Waals surface area (Å²) < 4.78 is 10.4. The second-order valence-corrected chi connectivity index (χ2v) is 6.68. The van der Waals surface area contributed by atoms with Gasteiger partial charge in [-0.25, -0.2) is 4.79 Å². The summed E-state index contributed by atoms with van der Waals surface area (Å²) in [6, 6.07) is 10.4. The van der Waals surface area contributed by atoms with E-state index in [1.807, 2.05) is 30.0 Å². The van der Waals surface area contributed by atoms with E-state index >= 15 is 0 Å². The van der Waals surface area contributed by atoms with Crippen LogP contribution in [0, 0.1) is 0 Å². The summed E-state index contributed by atoms with van der Waals surface area (Å²) in [6.45, 7) is 4.89. The predicted molar refractivity (Wildman–Crippen MR) is 89.3 cm³/mol. The summed E-state index contributed by atoms with van der Waals surface area (Å²) in [5.74, 6) is 1.91. The molecule has 2 heterocycles. The molecule has 1 fully saturated rings. The fourth-order valence-electron chi connectivity index (χ4n) is 2.65. The number of hydrogen-bond acceptors (Lipinski definition) is 5. The molecule has 0 radical (unpaired) electrons. The topological polar surface area (TPSA) is 62.4 Å². The van der Waals surface area contributed by atoms with Gasteiger partial charge < -0.3 is 4.74 Å². The highest BCUT2D eigenvalue weighted by atomic mass is 32.2. The molecule has 0 aliphatic carbocycles. The van der Waals surface area contributed by atoms with Crippen molar-refractivity contribution in [3.05, 3.63) is 52.0 Å². The number of nitrogens with one attached hydrogen (secondary N) is 1. The molecular weight excluding hydrogens is 314 g/mol. The van der Waals surface area contributed by atoms with E-state index in [4.69, 9.17) is 9.26 Å². The molecule has 1 N–H and O–H groups in total. The third-order valence-corrected chi connectivity index (χ3v) is 5.15. The first kappa shape index (κ1) is 16.1. The predicted octanol–water partition coefficient (Wildman–Crippen LogP) is 1.26. The van der Waals surface area contributed by atoms with Crippen LogP contribution in [0.5, 0.6) is 0 Å². The van der Waals surface area contributed by atoms with Crippen LogP contribution in [-0.2, 0) is 10.5 Å². The molecule has 23 heavy (non-hydrogen) atoms. The molecular formula is C16H22N3O3S+. The Balaban J connectivity index is 1.63. The summed E-state index contributed by atoms with van der Waals surface area (Å²) in [4.78, 5) is 13.8. The van der Waals surface area contributed by atoms with Crippen LogP contribution in [0.25, 0.3) is 0 Å². The van der Waals surface area contributed by atoms with Crippen LogP contribution in [0.2, 0.25) is 0 Å². The van der Waals surface area contributed by atoms with Gasteiger partial charge in [0.1, 0.15) is 0 Å². The Hall–Kier alpha value is -1.73. The fourth-order valence-corrected chi connectivity index (χ4v) is 3.71. The van der Waals surface area contributed by atoms with E-state index in [-0.39, 0.29) is 11.5 Å². The van der Waals surface area contributed by atoms with Gasteiger partial charge in [-0.1, -0.05) is 37.3 Å². The van der Waals surface area contributed by atoms with Gasteiger partial charge in [-0.15, -0.1) is 0 Å². The van der Waals surface area contributed by atoms with Gasteiger partial charge in [0.15, 0.2) is 0 Å². The number of thioether (sulfide) groups is 1. The highest BCUT2D eigenvalue weighted by Crippen LogP contribution is 2.19. The molecule has 6 nitrogen and oxygen atoms in total. The van der Waals surface area contributed by atoms with Gasteiger partial charge in [-0.3, -0.25) is 4.52 Å². The number of hydrogen-bond donors (Lipinski definition) is 1. The van der Waals surface area contributed by atoms with Crippen LogP contribution in [0.1, 0.15) is 24.1 Å². The number of morpholine rings is 1. The van der Waals surface area contributed by atoms with Crippen LogP contribution in [0.3, 0.4) is 0 Å². The number of H-pyrrole nitrogens is 1. The molecule has 1 aliphatic heterocycles. The van der Waals surface area contributed by atoms with Crippen molar-refractivity contribution in [2.45, 2.75) is 18.6 Å². The molecule has 1 unspecified atom stereocenters. The Morgan fingerprint density at radius 3 is 2.78 bits per heavy atom. The highest BCUT2D eigenvalue weighted by Gasteiger charge is 2.32. The number of aromatic amines is 1. The standard InChI is InChI=1S/C16H21N3O3S/c1-13(11-23-12-14-5-3-2-4-6-14)15-16(20)22-17-19(15)18-7-9-21-10-8-18/h2-6,13H,7-12H2,1H3/p+1. The lowest BCUT2D eigenvalue weighted by Gasteiger charge is -2.21. The van der Waals surface area contributed by atoms with Crippen molar-refractivity contribution in [2.75, 3.05) is 37.1 Å². The van der Waals surface area contributed by atoms with Crippen LogP contribution < -0.4 is 15.4 Å². The first-order valence-electron chi connectivity index (χ1n) is 7.84. The molecule has 1 atom stereocenters. The fraction of sp³-hybridized carbons (Fsp3) is 0.500. The van der Waals surface area contributed by atoms with Gasteiger partial charge in [0.2, 0.25) is 0 Å². The number of nitrogens with zero attached hydrogens (tertiary/aromatic N) is 2. The first-order valence-corrected chi connectivity index (χ1v) is 8.99. The quantitative estimate of drug-likeness (QED) is 0.805. The Morgan fingerprint density at radius 2 is 2.04 bits per heavy atom. The summed E-state index contributed by atoms with van der Waals surface area (Å²) in [5.41, 5.74) is 1.68. The van der Waals surface area contributed by atoms with Gasteiger partial charge in [-0.05, 0) is 5.56 Å². The first-order chi connectivity index (χ1) is 11.3. The van der Waals surface area contributed by atoms with Crippen molar-refractivity contribution >= 4 is 11.8 Å². The van der Waals surface area contributed by atoms with Crippen molar-refractivity contribution in [1.29, 1.82) is 0 Å². The minimum absolute atomic E-state index is 0.106. The van der Waals surface area contributed by atoms with E-state index in [0.29, 0.717) is 18.9 Å². The second kappa shape index (κ2) is 7.70. The average molecular weight is 336 g/mol. The van der Waals surface area contributed by atoms with E-state index in [0.717, 1.165) is 24.6 Å². The van der Waals surface area contributed by atoms with Gasteiger partial charge in [-0.2, -0.15) is 16.8 Å². The molecule has 0 saturated carbocycles. The molecule has 2 aromatic rings. The van der Waals surface area contributed by atoms with Gasteiger partial charge >= 0.3 is 11.3 Å².